The molecule has 5 nitrogen and oxygen atoms in total. The van der Waals surface area contributed by atoms with Crippen LogP contribution in [-0.4, -0.2) is 33.0 Å². The van der Waals surface area contributed by atoms with Crippen molar-refractivity contribution in [2.75, 3.05) is 7.05 Å². The molecule has 0 aliphatic heterocycles. The molecule has 100 valence electrons. The Hall–Kier alpha value is -1.69. The number of amides is 1. The summed E-state index contributed by atoms with van der Waals surface area (Å²) in [5.41, 5.74) is 1.75. The average molecular weight is 323 g/mol. The minimum Gasteiger partial charge on any atom is -0.334 e. The SMILES string of the molecule is Cc1ccc(C(=O)N(C)Cc2n[nH]c(C)n2)c(Br)c1. The molecule has 1 amide bonds. The Morgan fingerprint density at radius 2 is 2.16 bits per heavy atom. The highest BCUT2D eigenvalue weighted by Crippen LogP contribution is 2.20. The molecule has 1 aromatic heterocycles. The minimum atomic E-state index is -0.0608. The second kappa shape index (κ2) is 5.52. The monoisotopic (exact) mass is 322 g/mol. The fourth-order valence-corrected chi connectivity index (χ4v) is 2.41. The van der Waals surface area contributed by atoms with Gasteiger partial charge in [0.2, 0.25) is 0 Å². The number of carbonyl (C=O) groups excluding carboxylic acids is 1. The van der Waals surface area contributed by atoms with Crippen molar-refractivity contribution in [2.24, 2.45) is 0 Å². The molecule has 19 heavy (non-hydrogen) atoms. The molecule has 1 heterocycles. The van der Waals surface area contributed by atoms with Gasteiger partial charge in [0.25, 0.3) is 5.91 Å². The van der Waals surface area contributed by atoms with Crippen LogP contribution in [0.4, 0.5) is 0 Å². The normalized spacial score (nSPS) is 10.5. The van der Waals surface area contributed by atoms with E-state index in [4.69, 9.17) is 0 Å². The number of H-pyrrole nitrogens is 1. The number of carbonyl (C=O) groups is 1. The van der Waals surface area contributed by atoms with Crippen LogP contribution in [0, 0.1) is 13.8 Å². The van der Waals surface area contributed by atoms with Crippen LogP contribution in [0.25, 0.3) is 0 Å². The molecule has 0 saturated heterocycles. The number of benzene rings is 1. The maximum atomic E-state index is 12.3. The number of nitrogens with zero attached hydrogens (tertiary/aromatic N) is 3. The van der Waals surface area contributed by atoms with Gasteiger partial charge < -0.3 is 4.90 Å². The zero-order chi connectivity index (χ0) is 14.0. The van der Waals surface area contributed by atoms with Gasteiger partial charge in [-0.25, -0.2) is 4.98 Å². The lowest BCUT2D eigenvalue weighted by Gasteiger charge is -2.16. The molecule has 2 aromatic rings. The molecule has 0 unspecified atom stereocenters. The maximum absolute atomic E-state index is 12.3. The fourth-order valence-electron chi connectivity index (χ4n) is 1.74. The number of aromatic nitrogens is 3. The summed E-state index contributed by atoms with van der Waals surface area (Å²) in [6, 6.07) is 5.67. The number of nitrogens with one attached hydrogen (secondary N) is 1. The quantitative estimate of drug-likeness (QED) is 0.944. The number of hydrogen-bond acceptors (Lipinski definition) is 3. The molecular weight excluding hydrogens is 308 g/mol. The Morgan fingerprint density at radius 3 is 2.74 bits per heavy atom. The summed E-state index contributed by atoms with van der Waals surface area (Å²) < 4.78 is 0.801. The predicted octanol–water partition coefficient (Wildman–Crippen LogP) is 2.46. The van der Waals surface area contributed by atoms with E-state index in [1.165, 1.54) is 0 Å². The van der Waals surface area contributed by atoms with Crippen LogP contribution in [0.3, 0.4) is 0 Å². The Morgan fingerprint density at radius 1 is 1.42 bits per heavy atom. The van der Waals surface area contributed by atoms with Crippen molar-refractivity contribution >= 4 is 21.8 Å². The summed E-state index contributed by atoms with van der Waals surface area (Å²) in [6.45, 7) is 4.19. The molecule has 0 aliphatic carbocycles. The molecule has 0 bridgehead atoms. The Bertz CT molecular complexity index is 608. The highest BCUT2D eigenvalue weighted by molar-refractivity contribution is 9.10. The highest BCUT2D eigenvalue weighted by atomic mass is 79.9. The number of hydrogen-bond donors (Lipinski definition) is 1. The van der Waals surface area contributed by atoms with Gasteiger partial charge in [0.05, 0.1) is 12.1 Å². The van der Waals surface area contributed by atoms with E-state index in [1.807, 2.05) is 32.0 Å². The third-order valence-corrected chi connectivity index (χ3v) is 3.38. The summed E-state index contributed by atoms with van der Waals surface area (Å²) in [5, 5.41) is 6.79. The summed E-state index contributed by atoms with van der Waals surface area (Å²) in [7, 11) is 1.74. The van der Waals surface area contributed by atoms with Gasteiger partial charge in [-0.3, -0.25) is 9.89 Å². The first-order chi connectivity index (χ1) is 8.97. The van der Waals surface area contributed by atoms with Crippen molar-refractivity contribution in [1.29, 1.82) is 0 Å². The molecule has 1 N–H and O–H groups in total. The molecule has 0 aliphatic rings. The van der Waals surface area contributed by atoms with Gasteiger partial charge in [0.15, 0.2) is 5.82 Å². The molecule has 2 rings (SSSR count). The lowest BCUT2D eigenvalue weighted by Crippen LogP contribution is -2.27. The van der Waals surface area contributed by atoms with E-state index in [0.29, 0.717) is 17.9 Å². The summed E-state index contributed by atoms with van der Waals surface area (Å²) in [5.74, 6) is 1.29. The zero-order valence-corrected chi connectivity index (χ0v) is 12.7. The highest BCUT2D eigenvalue weighted by Gasteiger charge is 2.16. The van der Waals surface area contributed by atoms with Crippen molar-refractivity contribution in [1.82, 2.24) is 20.1 Å². The Balaban J connectivity index is 2.14. The summed E-state index contributed by atoms with van der Waals surface area (Å²) in [6.07, 6.45) is 0. The van der Waals surface area contributed by atoms with Crippen molar-refractivity contribution < 1.29 is 4.79 Å². The second-order valence-corrected chi connectivity index (χ2v) is 5.34. The fraction of sp³-hybridized carbons (Fsp3) is 0.308. The van der Waals surface area contributed by atoms with Crippen LogP contribution < -0.4 is 0 Å². The molecule has 0 radical (unpaired) electrons. The molecule has 6 heteroatoms. The van der Waals surface area contributed by atoms with E-state index in [-0.39, 0.29) is 5.91 Å². The molecule has 0 spiro atoms. The van der Waals surface area contributed by atoms with E-state index in [1.54, 1.807) is 11.9 Å². The third-order valence-electron chi connectivity index (χ3n) is 2.72. The third kappa shape index (κ3) is 3.20. The number of aromatic amines is 1. The van der Waals surface area contributed by atoms with Crippen LogP contribution in [0.2, 0.25) is 0 Å². The average Bonchev–Trinajstić information content (AvgIpc) is 2.74. The van der Waals surface area contributed by atoms with Gasteiger partial charge in [-0.05, 0) is 47.5 Å². The van der Waals surface area contributed by atoms with Crippen molar-refractivity contribution in [2.45, 2.75) is 20.4 Å². The molecule has 1 aromatic carbocycles. The molecule has 0 saturated carbocycles. The Kier molecular flexibility index (Phi) is 3.99. The lowest BCUT2D eigenvalue weighted by atomic mass is 10.1. The first kappa shape index (κ1) is 13.7. The zero-order valence-electron chi connectivity index (χ0n) is 11.1. The van der Waals surface area contributed by atoms with Gasteiger partial charge in [-0.15, -0.1) is 0 Å². The van der Waals surface area contributed by atoms with Crippen LogP contribution >= 0.6 is 15.9 Å². The van der Waals surface area contributed by atoms with E-state index < -0.39 is 0 Å². The van der Waals surface area contributed by atoms with E-state index in [9.17, 15) is 4.79 Å². The number of halogens is 1. The van der Waals surface area contributed by atoms with Crippen LogP contribution in [0.15, 0.2) is 22.7 Å². The van der Waals surface area contributed by atoms with Gasteiger partial charge >= 0.3 is 0 Å². The Labute approximate surface area is 120 Å². The van der Waals surface area contributed by atoms with Crippen LogP contribution in [0.1, 0.15) is 27.6 Å². The predicted molar refractivity (Wildman–Crippen MR) is 75.8 cm³/mol. The molecule has 0 atom stereocenters. The van der Waals surface area contributed by atoms with E-state index in [2.05, 4.69) is 31.1 Å². The van der Waals surface area contributed by atoms with Gasteiger partial charge in [0.1, 0.15) is 5.82 Å². The lowest BCUT2D eigenvalue weighted by molar-refractivity contribution is 0.0781. The summed E-state index contributed by atoms with van der Waals surface area (Å²) >= 11 is 3.42. The van der Waals surface area contributed by atoms with Crippen molar-refractivity contribution in [3.63, 3.8) is 0 Å². The maximum Gasteiger partial charge on any atom is 0.255 e. The summed E-state index contributed by atoms with van der Waals surface area (Å²) in [4.78, 5) is 18.1. The second-order valence-electron chi connectivity index (χ2n) is 4.48. The first-order valence-electron chi connectivity index (χ1n) is 5.87. The van der Waals surface area contributed by atoms with Gasteiger partial charge in [-0.2, -0.15) is 5.10 Å². The van der Waals surface area contributed by atoms with E-state index >= 15 is 0 Å². The number of rotatable bonds is 3. The van der Waals surface area contributed by atoms with Crippen molar-refractivity contribution in [3.05, 3.63) is 45.4 Å². The van der Waals surface area contributed by atoms with Crippen LogP contribution in [0.5, 0.6) is 0 Å². The van der Waals surface area contributed by atoms with Crippen LogP contribution in [-0.2, 0) is 6.54 Å². The topological polar surface area (TPSA) is 61.9 Å². The van der Waals surface area contributed by atoms with Gasteiger partial charge in [0, 0.05) is 11.5 Å². The standard InChI is InChI=1S/C13H15BrN4O/c1-8-4-5-10(11(14)6-8)13(19)18(3)7-12-15-9(2)16-17-12/h4-6H,7H2,1-3H3,(H,15,16,17). The smallest absolute Gasteiger partial charge is 0.255 e. The van der Waals surface area contributed by atoms with E-state index in [0.717, 1.165) is 15.9 Å². The first-order valence-corrected chi connectivity index (χ1v) is 6.66. The molecule has 0 fully saturated rings. The number of aryl methyl sites for hydroxylation is 2. The molecular formula is C13H15BrN4O. The van der Waals surface area contributed by atoms with Crippen molar-refractivity contribution in [3.8, 4) is 0 Å². The van der Waals surface area contributed by atoms with Gasteiger partial charge in [-0.1, -0.05) is 6.07 Å². The largest absolute Gasteiger partial charge is 0.334 e. The minimum absolute atomic E-state index is 0.0608.